The van der Waals surface area contributed by atoms with Crippen molar-refractivity contribution < 1.29 is 14.3 Å². The summed E-state index contributed by atoms with van der Waals surface area (Å²) in [7, 11) is 0. The molecule has 0 aromatic heterocycles. The standard InChI is InChI=1S/C23H22ClN3O3/c1-15(16-10-12-18(13-11-16)27-23(25)29)26-22(28)19-7-3-5-9-21(19)30-14-17-6-2-4-8-20(17)24/h2-13,15H,14H2,1H3,(H,26,28)(H3,25,27,29). The van der Waals surface area contributed by atoms with Gasteiger partial charge < -0.3 is 21.1 Å². The van der Waals surface area contributed by atoms with Crippen LogP contribution in [0.2, 0.25) is 5.02 Å². The maximum absolute atomic E-state index is 12.8. The number of anilines is 1. The van der Waals surface area contributed by atoms with Crippen molar-refractivity contribution in [2.45, 2.75) is 19.6 Å². The number of ether oxygens (including phenoxy) is 1. The van der Waals surface area contributed by atoms with E-state index in [-0.39, 0.29) is 18.6 Å². The van der Waals surface area contributed by atoms with E-state index < -0.39 is 6.03 Å². The average Bonchev–Trinajstić information content (AvgIpc) is 2.73. The Bertz CT molecular complexity index is 1040. The predicted octanol–water partition coefficient (Wildman–Crippen LogP) is 4.90. The highest BCUT2D eigenvalue weighted by atomic mass is 35.5. The summed E-state index contributed by atoms with van der Waals surface area (Å²) in [6, 6.07) is 20.7. The zero-order valence-corrected chi connectivity index (χ0v) is 17.1. The van der Waals surface area contributed by atoms with Gasteiger partial charge in [-0.3, -0.25) is 4.79 Å². The molecule has 4 N–H and O–H groups in total. The van der Waals surface area contributed by atoms with Crippen LogP contribution in [0.25, 0.3) is 0 Å². The van der Waals surface area contributed by atoms with E-state index in [1.807, 2.05) is 43.3 Å². The number of nitrogens with one attached hydrogen (secondary N) is 2. The molecule has 0 spiro atoms. The third-order valence-electron chi connectivity index (χ3n) is 4.50. The Morgan fingerprint density at radius 2 is 1.67 bits per heavy atom. The molecule has 0 aliphatic carbocycles. The summed E-state index contributed by atoms with van der Waals surface area (Å²) in [5, 5.41) is 6.08. The van der Waals surface area contributed by atoms with Crippen LogP contribution in [-0.4, -0.2) is 11.9 Å². The summed E-state index contributed by atoms with van der Waals surface area (Å²) in [6.07, 6.45) is 0. The number of hydrogen-bond acceptors (Lipinski definition) is 3. The lowest BCUT2D eigenvalue weighted by Crippen LogP contribution is -2.27. The van der Waals surface area contributed by atoms with Crippen LogP contribution in [0.4, 0.5) is 10.5 Å². The van der Waals surface area contributed by atoms with Crippen LogP contribution in [0.1, 0.15) is 34.5 Å². The first kappa shape index (κ1) is 21.2. The van der Waals surface area contributed by atoms with Crippen molar-refractivity contribution in [1.82, 2.24) is 5.32 Å². The summed E-state index contributed by atoms with van der Waals surface area (Å²) in [4.78, 5) is 23.8. The minimum Gasteiger partial charge on any atom is -0.488 e. The topological polar surface area (TPSA) is 93.4 Å². The molecule has 3 aromatic rings. The maximum atomic E-state index is 12.8. The molecule has 3 aromatic carbocycles. The van der Waals surface area contributed by atoms with E-state index in [9.17, 15) is 9.59 Å². The second kappa shape index (κ2) is 9.80. The monoisotopic (exact) mass is 423 g/mol. The number of primary amides is 1. The van der Waals surface area contributed by atoms with Crippen molar-refractivity contribution in [3.05, 3.63) is 94.5 Å². The second-order valence-corrected chi connectivity index (χ2v) is 7.09. The van der Waals surface area contributed by atoms with E-state index in [0.29, 0.717) is 22.0 Å². The van der Waals surface area contributed by atoms with Crippen LogP contribution >= 0.6 is 11.6 Å². The molecule has 0 saturated carbocycles. The molecule has 6 nitrogen and oxygen atoms in total. The fraction of sp³-hybridized carbons (Fsp3) is 0.130. The average molecular weight is 424 g/mol. The van der Waals surface area contributed by atoms with Crippen molar-refractivity contribution in [2.75, 3.05) is 5.32 Å². The van der Waals surface area contributed by atoms with E-state index in [4.69, 9.17) is 22.1 Å². The molecule has 154 valence electrons. The van der Waals surface area contributed by atoms with E-state index in [1.54, 1.807) is 36.4 Å². The van der Waals surface area contributed by atoms with Crippen LogP contribution in [-0.2, 0) is 6.61 Å². The second-order valence-electron chi connectivity index (χ2n) is 6.68. The SMILES string of the molecule is CC(NC(=O)c1ccccc1OCc1ccccc1Cl)c1ccc(NC(N)=O)cc1. The zero-order valence-electron chi connectivity index (χ0n) is 16.4. The highest BCUT2D eigenvalue weighted by Gasteiger charge is 2.16. The van der Waals surface area contributed by atoms with Crippen molar-refractivity contribution in [3.63, 3.8) is 0 Å². The van der Waals surface area contributed by atoms with E-state index in [0.717, 1.165) is 11.1 Å². The van der Waals surface area contributed by atoms with Crippen LogP contribution in [0, 0.1) is 0 Å². The molecule has 0 aliphatic rings. The largest absolute Gasteiger partial charge is 0.488 e. The van der Waals surface area contributed by atoms with Gasteiger partial charge in [-0.15, -0.1) is 0 Å². The number of hydrogen-bond donors (Lipinski definition) is 3. The molecule has 0 bridgehead atoms. The number of nitrogens with two attached hydrogens (primary N) is 1. The van der Waals surface area contributed by atoms with Gasteiger partial charge in [-0.2, -0.15) is 0 Å². The van der Waals surface area contributed by atoms with Gasteiger partial charge in [0.15, 0.2) is 0 Å². The quantitative estimate of drug-likeness (QED) is 0.504. The Kier molecular flexibility index (Phi) is 6.93. The fourth-order valence-electron chi connectivity index (χ4n) is 2.91. The summed E-state index contributed by atoms with van der Waals surface area (Å²) in [5.41, 5.74) is 7.85. The number of carbonyl (C=O) groups is 2. The third-order valence-corrected chi connectivity index (χ3v) is 4.87. The molecule has 0 saturated heterocycles. The Morgan fingerprint density at radius 1 is 1.00 bits per heavy atom. The summed E-state index contributed by atoms with van der Waals surface area (Å²) in [6.45, 7) is 2.13. The van der Waals surface area contributed by atoms with Crippen molar-refractivity contribution in [1.29, 1.82) is 0 Å². The van der Waals surface area contributed by atoms with Gasteiger partial charge in [-0.25, -0.2) is 4.79 Å². The minimum absolute atomic E-state index is 0.253. The maximum Gasteiger partial charge on any atom is 0.316 e. The molecule has 7 heteroatoms. The van der Waals surface area contributed by atoms with Crippen LogP contribution < -0.4 is 21.1 Å². The molecule has 1 unspecified atom stereocenters. The molecule has 30 heavy (non-hydrogen) atoms. The molecule has 3 amide bonds. The van der Waals surface area contributed by atoms with Crippen molar-refractivity contribution >= 4 is 29.2 Å². The van der Waals surface area contributed by atoms with Gasteiger partial charge in [0.25, 0.3) is 5.91 Å². The van der Waals surface area contributed by atoms with Gasteiger partial charge >= 0.3 is 6.03 Å². The van der Waals surface area contributed by atoms with Crippen LogP contribution in [0.3, 0.4) is 0 Å². The third kappa shape index (κ3) is 5.52. The summed E-state index contributed by atoms with van der Waals surface area (Å²) < 4.78 is 5.87. The molecular formula is C23H22ClN3O3. The molecule has 3 rings (SSSR count). The number of rotatable bonds is 7. The highest BCUT2D eigenvalue weighted by molar-refractivity contribution is 6.31. The van der Waals surface area contributed by atoms with E-state index in [2.05, 4.69) is 10.6 Å². The molecule has 0 heterocycles. The Hall–Kier alpha value is -3.51. The number of para-hydroxylation sites is 1. The Morgan fingerprint density at radius 3 is 2.37 bits per heavy atom. The van der Waals surface area contributed by atoms with Gasteiger partial charge in [0.05, 0.1) is 11.6 Å². The van der Waals surface area contributed by atoms with Crippen LogP contribution in [0.5, 0.6) is 5.75 Å². The minimum atomic E-state index is -0.627. The number of halogens is 1. The van der Waals surface area contributed by atoms with Crippen LogP contribution in [0.15, 0.2) is 72.8 Å². The molecule has 0 fully saturated rings. The Balaban J connectivity index is 1.68. The first-order chi connectivity index (χ1) is 14.4. The molecular weight excluding hydrogens is 402 g/mol. The zero-order chi connectivity index (χ0) is 21.5. The van der Waals surface area contributed by atoms with Crippen molar-refractivity contribution in [2.24, 2.45) is 5.73 Å². The smallest absolute Gasteiger partial charge is 0.316 e. The first-order valence-electron chi connectivity index (χ1n) is 9.36. The lowest BCUT2D eigenvalue weighted by molar-refractivity contribution is 0.0935. The molecule has 1 atom stereocenters. The van der Waals surface area contributed by atoms with E-state index >= 15 is 0 Å². The van der Waals surface area contributed by atoms with Gasteiger partial charge in [0.2, 0.25) is 0 Å². The van der Waals surface area contributed by atoms with E-state index in [1.165, 1.54) is 0 Å². The van der Waals surface area contributed by atoms with Crippen molar-refractivity contribution in [3.8, 4) is 5.75 Å². The summed E-state index contributed by atoms with van der Waals surface area (Å²) >= 11 is 6.18. The molecule has 0 aliphatic heterocycles. The lowest BCUT2D eigenvalue weighted by Gasteiger charge is -2.17. The van der Waals surface area contributed by atoms with Gasteiger partial charge in [0, 0.05) is 16.3 Å². The van der Waals surface area contributed by atoms with Gasteiger partial charge in [-0.1, -0.05) is 54.1 Å². The Labute approximate surface area is 180 Å². The van der Waals surface area contributed by atoms with Gasteiger partial charge in [-0.05, 0) is 42.8 Å². The fourth-order valence-corrected chi connectivity index (χ4v) is 3.10. The normalized spacial score (nSPS) is 11.4. The summed E-state index contributed by atoms with van der Waals surface area (Å²) in [5.74, 6) is 0.222. The number of benzene rings is 3. The highest BCUT2D eigenvalue weighted by Crippen LogP contribution is 2.23. The first-order valence-corrected chi connectivity index (χ1v) is 9.74. The number of urea groups is 1. The number of amides is 3. The number of carbonyl (C=O) groups excluding carboxylic acids is 2. The lowest BCUT2D eigenvalue weighted by atomic mass is 10.1. The predicted molar refractivity (Wildman–Crippen MR) is 118 cm³/mol. The molecule has 0 radical (unpaired) electrons. The van der Waals surface area contributed by atoms with Gasteiger partial charge in [0.1, 0.15) is 12.4 Å².